The largest absolute Gasteiger partial charge is 0.301 e. The fraction of sp³-hybridized carbons (Fsp3) is 0.167. The summed E-state index contributed by atoms with van der Waals surface area (Å²) in [4.78, 5) is 15.7. The number of hydrogen-bond donors (Lipinski definition) is 3. The van der Waals surface area contributed by atoms with Crippen LogP contribution in [-0.2, 0) is 0 Å². The predicted octanol–water partition coefficient (Wildman–Crippen LogP) is 0.281. The van der Waals surface area contributed by atoms with Gasteiger partial charge in [0.25, 0.3) is 5.56 Å². The van der Waals surface area contributed by atoms with Gasteiger partial charge in [0, 0.05) is 5.69 Å². The molecule has 0 aliphatic rings. The van der Waals surface area contributed by atoms with Crippen molar-refractivity contribution in [2.45, 2.75) is 17.0 Å². The first-order valence-electron chi connectivity index (χ1n) is 3.58. The van der Waals surface area contributed by atoms with Crippen LogP contribution in [0.1, 0.15) is 5.69 Å². The van der Waals surface area contributed by atoms with Crippen LogP contribution in [0.25, 0.3) is 0 Å². The molecule has 0 fully saturated rings. The van der Waals surface area contributed by atoms with Crippen LogP contribution in [0.15, 0.2) is 21.2 Å². The lowest BCUT2D eigenvalue weighted by molar-refractivity contribution is 0.971. The number of nitrogens with one attached hydrogen (secondary N) is 3. The number of nitrogens with zero attached hydrogens (tertiary/aromatic N) is 2. The summed E-state index contributed by atoms with van der Waals surface area (Å²) in [5.41, 5.74) is 0.658. The molecule has 2 rings (SSSR count). The normalized spacial score (nSPS) is 10.5. The van der Waals surface area contributed by atoms with Gasteiger partial charge < -0.3 is 5.10 Å². The van der Waals surface area contributed by atoms with Gasteiger partial charge >= 0.3 is 0 Å². The van der Waals surface area contributed by atoms with Crippen LogP contribution in [0, 0.1) is 6.92 Å². The van der Waals surface area contributed by atoms with Crippen LogP contribution < -0.4 is 5.56 Å². The third-order valence-corrected chi connectivity index (χ3v) is 2.59. The molecule has 7 heteroatoms. The number of H-pyrrole nitrogens is 3. The maximum atomic E-state index is 11.2. The van der Waals surface area contributed by atoms with E-state index in [0.717, 1.165) is 5.69 Å². The van der Waals surface area contributed by atoms with Crippen molar-refractivity contribution >= 4 is 11.8 Å². The standard InChI is InChI=1S/C6H7N5OS/c1-3-4(5(12)10-9-3)13-6-7-2-8-11-6/h2H,1H3,(H,7,8,11)(H2,9,10,12). The average molecular weight is 197 g/mol. The highest BCUT2D eigenvalue weighted by Gasteiger charge is 2.08. The third kappa shape index (κ3) is 1.50. The topological polar surface area (TPSA) is 90.2 Å². The van der Waals surface area contributed by atoms with Crippen molar-refractivity contribution in [1.29, 1.82) is 0 Å². The van der Waals surface area contributed by atoms with Crippen LogP contribution in [0.5, 0.6) is 0 Å². The molecule has 0 amide bonds. The molecule has 0 saturated heterocycles. The molecule has 0 radical (unpaired) electrons. The van der Waals surface area contributed by atoms with E-state index < -0.39 is 0 Å². The van der Waals surface area contributed by atoms with Gasteiger partial charge in [-0.1, -0.05) is 0 Å². The summed E-state index contributed by atoms with van der Waals surface area (Å²) in [6.45, 7) is 1.82. The van der Waals surface area contributed by atoms with Gasteiger partial charge in [-0.25, -0.2) is 4.98 Å². The summed E-state index contributed by atoms with van der Waals surface area (Å²) in [6, 6.07) is 0. The van der Waals surface area contributed by atoms with Gasteiger partial charge in [0.15, 0.2) is 5.16 Å². The molecule has 2 aromatic rings. The zero-order valence-electron chi connectivity index (χ0n) is 6.79. The van der Waals surface area contributed by atoms with Crippen molar-refractivity contribution < 1.29 is 0 Å². The lowest BCUT2D eigenvalue weighted by atomic mass is 10.5. The Morgan fingerprint density at radius 1 is 1.46 bits per heavy atom. The lowest BCUT2D eigenvalue weighted by Gasteiger charge is -1.91. The average Bonchev–Trinajstić information content (AvgIpc) is 2.70. The van der Waals surface area contributed by atoms with E-state index in [4.69, 9.17) is 0 Å². The minimum Gasteiger partial charge on any atom is -0.301 e. The van der Waals surface area contributed by atoms with Gasteiger partial charge in [-0.05, 0) is 18.7 Å². The van der Waals surface area contributed by atoms with Crippen LogP contribution in [0.4, 0.5) is 0 Å². The van der Waals surface area contributed by atoms with Gasteiger partial charge in [-0.2, -0.15) is 5.10 Å². The summed E-state index contributed by atoms with van der Waals surface area (Å²) in [5.74, 6) is 0. The van der Waals surface area contributed by atoms with E-state index >= 15 is 0 Å². The molecule has 0 aliphatic carbocycles. The number of rotatable bonds is 2. The Hall–Kier alpha value is -1.50. The number of aryl methyl sites for hydroxylation is 1. The Morgan fingerprint density at radius 2 is 2.31 bits per heavy atom. The van der Waals surface area contributed by atoms with Crippen LogP contribution in [0.3, 0.4) is 0 Å². The van der Waals surface area contributed by atoms with Crippen LogP contribution in [0.2, 0.25) is 0 Å². The molecular formula is C6H7N5OS. The highest BCUT2D eigenvalue weighted by molar-refractivity contribution is 7.99. The molecule has 0 bridgehead atoms. The van der Waals surface area contributed by atoms with Gasteiger partial charge in [0.05, 0.1) is 0 Å². The summed E-state index contributed by atoms with van der Waals surface area (Å²) in [5, 5.41) is 12.2. The van der Waals surface area contributed by atoms with Crippen LogP contribution in [-0.4, -0.2) is 25.4 Å². The molecule has 0 atom stereocenters. The predicted molar refractivity (Wildman–Crippen MR) is 46.7 cm³/mol. The van der Waals surface area contributed by atoms with E-state index in [9.17, 15) is 4.79 Å². The Bertz CT molecular complexity index is 442. The van der Waals surface area contributed by atoms with E-state index in [0.29, 0.717) is 10.1 Å². The Kier molecular flexibility index (Phi) is 1.93. The molecule has 0 unspecified atom stereocenters. The Balaban J connectivity index is 2.33. The molecule has 0 aromatic carbocycles. The molecule has 0 spiro atoms. The van der Waals surface area contributed by atoms with E-state index in [1.165, 1.54) is 18.1 Å². The molecule has 0 saturated carbocycles. The second kappa shape index (κ2) is 3.09. The molecule has 2 aromatic heterocycles. The van der Waals surface area contributed by atoms with E-state index in [1.807, 2.05) is 6.92 Å². The second-order valence-corrected chi connectivity index (χ2v) is 3.43. The first kappa shape index (κ1) is 8.11. The van der Waals surface area contributed by atoms with Gasteiger partial charge in [-0.3, -0.25) is 15.0 Å². The summed E-state index contributed by atoms with van der Waals surface area (Å²) in [6.07, 6.45) is 1.40. The van der Waals surface area contributed by atoms with E-state index in [2.05, 4.69) is 25.4 Å². The van der Waals surface area contributed by atoms with Crippen molar-refractivity contribution in [3.05, 3.63) is 22.4 Å². The number of hydrogen-bond acceptors (Lipinski definition) is 4. The fourth-order valence-corrected chi connectivity index (χ4v) is 1.64. The minimum atomic E-state index is -0.140. The summed E-state index contributed by atoms with van der Waals surface area (Å²) >= 11 is 1.25. The summed E-state index contributed by atoms with van der Waals surface area (Å²) < 4.78 is 0. The lowest BCUT2D eigenvalue weighted by Crippen LogP contribution is -2.00. The fourth-order valence-electron chi connectivity index (χ4n) is 0.897. The maximum absolute atomic E-state index is 11.2. The quantitative estimate of drug-likeness (QED) is 0.645. The molecule has 3 N–H and O–H groups in total. The molecule has 13 heavy (non-hydrogen) atoms. The smallest absolute Gasteiger partial charge is 0.278 e. The van der Waals surface area contributed by atoms with E-state index in [-0.39, 0.29) is 5.56 Å². The number of aromatic nitrogens is 5. The van der Waals surface area contributed by atoms with Crippen molar-refractivity contribution in [3.63, 3.8) is 0 Å². The maximum Gasteiger partial charge on any atom is 0.278 e. The molecule has 6 nitrogen and oxygen atoms in total. The Morgan fingerprint density at radius 3 is 2.85 bits per heavy atom. The second-order valence-electron chi connectivity index (χ2n) is 2.43. The van der Waals surface area contributed by atoms with Gasteiger partial charge in [-0.15, -0.1) is 0 Å². The highest BCUT2D eigenvalue weighted by Crippen LogP contribution is 2.21. The first-order chi connectivity index (χ1) is 6.27. The molecular weight excluding hydrogens is 190 g/mol. The van der Waals surface area contributed by atoms with E-state index in [1.54, 1.807) is 0 Å². The van der Waals surface area contributed by atoms with Gasteiger partial charge in [0.1, 0.15) is 11.2 Å². The Labute approximate surface area is 77.2 Å². The molecule has 0 aliphatic heterocycles. The van der Waals surface area contributed by atoms with Crippen molar-refractivity contribution in [3.8, 4) is 0 Å². The minimum absolute atomic E-state index is 0.140. The van der Waals surface area contributed by atoms with Crippen molar-refractivity contribution in [1.82, 2.24) is 25.4 Å². The van der Waals surface area contributed by atoms with Crippen molar-refractivity contribution in [2.75, 3.05) is 0 Å². The van der Waals surface area contributed by atoms with Crippen molar-refractivity contribution in [2.24, 2.45) is 0 Å². The molecule has 68 valence electrons. The first-order valence-corrected chi connectivity index (χ1v) is 4.39. The highest BCUT2D eigenvalue weighted by atomic mass is 32.2. The van der Waals surface area contributed by atoms with Crippen LogP contribution >= 0.6 is 11.8 Å². The zero-order valence-corrected chi connectivity index (χ0v) is 7.60. The monoisotopic (exact) mass is 197 g/mol. The molecule has 2 heterocycles. The summed E-state index contributed by atoms with van der Waals surface area (Å²) in [7, 11) is 0. The SMILES string of the molecule is Cc1[nH][nH]c(=O)c1Sc1ncn[nH]1. The van der Waals surface area contributed by atoms with Gasteiger partial charge in [0.2, 0.25) is 0 Å². The number of aromatic amines is 3. The third-order valence-electron chi connectivity index (χ3n) is 1.50. The zero-order chi connectivity index (χ0) is 9.26.